The molecule has 0 aliphatic carbocycles. The molecule has 0 radical (unpaired) electrons. The Hall–Kier alpha value is -0.900. The van der Waals surface area contributed by atoms with E-state index < -0.39 is 0 Å². The molecular weight excluding hydrogens is 220 g/mol. The summed E-state index contributed by atoms with van der Waals surface area (Å²) in [5.41, 5.74) is 0.570. The van der Waals surface area contributed by atoms with E-state index in [2.05, 4.69) is 20.9 Å². The van der Waals surface area contributed by atoms with Gasteiger partial charge in [-0.25, -0.2) is 4.98 Å². The summed E-state index contributed by atoms with van der Waals surface area (Å²) in [5.74, 6) is 0.826. The van der Waals surface area contributed by atoms with Crippen molar-refractivity contribution in [3.8, 4) is 0 Å². The number of pyridine rings is 1. The molecule has 4 heteroatoms. The third-order valence-electron chi connectivity index (χ3n) is 1.45. The van der Waals surface area contributed by atoms with E-state index in [9.17, 15) is 4.79 Å². The van der Waals surface area contributed by atoms with Gasteiger partial charge in [0, 0.05) is 19.7 Å². The molecule has 0 atom stereocenters. The maximum absolute atomic E-state index is 10.4. The van der Waals surface area contributed by atoms with E-state index in [1.807, 2.05) is 19.0 Å². The Kier molecular flexibility index (Phi) is 2.81. The zero-order valence-corrected chi connectivity index (χ0v) is 8.50. The van der Waals surface area contributed by atoms with Crippen LogP contribution in [-0.2, 0) is 0 Å². The second-order valence-corrected chi connectivity index (χ2v) is 3.31. The van der Waals surface area contributed by atoms with Crippen LogP contribution in [0.3, 0.4) is 0 Å². The molecule has 0 unspecified atom stereocenters. The van der Waals surface area contributed by atoms with Crippen molar-refractivity contribution in [2.75, 3.05) is 19.0 Å². The van der Waals surface area contributed by atoms with Crippen molar-refractivity contribution in [3.05, 3.63) is 22.3 Å². The summed E-state index contributed by atoms with van der Waals surface area (Å²) in [6.45, 7) is 0. The highest BCUT2D eigenvalue weighted by Gasteiger charge is 2.02. The maximum atomic E-state index is 10.4. The molecule has 1 heterocycles. The number of rotatable bonds is 2. The van der Waals surface area contributed by atoms with Crippen LogP contribution in [0, 0.1) is 0 Å². The van der Waals surface area contributed by atoms with E-state index in [1.54, 1.807) is 12.1 Å². The normalized spacial score (nSPS) is 9.58. The first-order chi connectivity index (χ1) is 5.65. The first kappa shape index (κ1) is 9.19. The molecule has 0 aliphatic heterocycles. The summed E-state index contributed by atoms with van der Waals surface area (Å²) in [5, 5.41) is 0. The third-order valence-corrected chi connectivity index (χ3v) is 2.08. The average Bonchev–Trinajstić information content (AvgIpc) is 2.04. The molecule has 0 amide bonds. The van der Waals surface area contributed by atoms with Gasteiger partial charge in [-0.05, 0) is 28.1 Å². The molecule has 0 spiro atoms. The molecule has 1 aromatic rings. The van der Waals surface area contributed by atoms with E-state index in [0.717, 1.165) is 12.1 Å². The molecule has 1 rings (SSSR count). The molecule has 0 bridgehead atoms. The van der Waals surface area contributed by atoms with Crippen LogP contribution in [0.1, 0.15) is 10.4 Å². The van der Waals surface area contributed by atoms with Crippen molar-refractivity contribution in [1.29, 1.82) is 0 Å². The predicted molar refractivity (Wildman–Crippen MR) is 51.7 cm³/mol. The highest BCUT2D eigenvalue weighted by Crippen LogP contribution is 2.16. The van der Waals surface area contributed by atoms with Gasteiger partial charge >= 0.3 is 0 Å². The molecule has 3 nitrogen and oxygen atoms in total. The molecule has 0 aliphatic rings. The van der Waals surface area contributed by atoms with Crippen LogP contribution in [0.2, 0.25) is 0 Å². The van der Waals surface area contributed by atoms with Crippen molar-refractivity contribution in [1.82, 2.24) is 4.98 Å². The minimum absolute atomic E-state index is 0.570. The Labute approximate surface area is 79.5 Å². The summed E-state index contributed by atoms with van der Waals surface area (Å²) < 4.78 is 0.587. The molecule has 1 aromatic heterocycles. The Morgan fingerprint density at radius 1 is 1.50 bits per heavy atom. The van der Waals surface area contributed by atoms with Crippen molar-refractivity contribution in [2.24, 2.45) is 0 Å². The van der Waals surface area contributed by atoms with Crippen LogP contribution in [-0.4, -0.2) is 25.4 Å². The Bertz CT molecular complexity index is 299. The number of halogens is 1. The fourth-order valence-electron chi connectivity index (χ4n) is 0.772. The van der Waals surface area contributed by atoms with Crippen LogP contribution in [0.15, 0.2) is 16.7 Å². The lowest BCUT2D eigenvalue weighted by Gasteiger charge is -2.11. The topological polar surface area (TPSA) is 33.2 Å². The lowest BCUT2D eigenvalue weighted by atomic mass is 10.3. The van der Waals surface area contributed by atoms with Crippen LogP contribution < -0.4 is 4.90 Å². The van der Waals surface area contributed by atoms with Gasteiger partial charge in [-0.2, -0.15) is 0 Å². The Morgan fingerprint density at radius 2 is 2.17 bits per heavy atom. The predicted octanol–water partition coefficient (Wildman–Crippen LogP) is 1.72. The highest BCUT2D eigenvalue weighted by atomic mass is 79.9. The van der Waals surface area contributed by atoms with Gasteiger partial charge in [0.2, 0.25) is 0 Å². The quantitative estimate of drug-likeness (QED) is 0.571. The standard InChI is InChI=1S/C8H9BrN2O/c1-11(2)7-4-3-6(5-12)8(9)10-7/h3-5H,1-2H3. The molecule has 0 aromatic carbocycles. The summed E-state index contributed by atoms with van der Waals surface area (Å²) >= 11 is 3.21. The molecule has 0 saturated carbocycles. The van der Waals surface area contributed by atoms with Crippen LogP contribution in [0.25, 0.3) is 0 Å². The number of aldehydes is 1. The first-order valence-electron chi connectivity index (χ1n) is 3.44. The van der Waals surface area contributed by atoms with E-state index in [0.29, 0.717) is 10.2 Å². The van der Waals surface area contributed by atoms with Gasteiger partial charge in [0.25, 0.3) is 0 Å². The van der Waals surface area contributed by atoms with Gasteiger partial charge in [0.05, 0.1) is 0 Å². The summed E-state index contributed by atoms with van der Waals surface area (Å²) in [7, 11) is 3.80. The SMILES string of the molecule is CN(C)c1ccc(C=O)c(Br)n1. The lowest BCUT2D eigenvalue weighted by Crippen LogP contribution is -2.10. The molecular formula is C8H9BrN2O. The van der Waals surface area contributed by atoms with Crippen molar-refractivity contribution in [3.63, 3.8) is 0 Å². The number of carbonyl (C=O) groups excluding carboxylic acids is 1. The van der Waals surface area contributed by atoms with Gasteiger partial charge in [-0.3, -0.25) is 4.79 Å². The fourth-order valence-corrected chi connectivity index (χ4v) is 1.18. The summed E-state index contributed by atoms with van der Waals surface area (Å²) in [6.07, 6.45) is 0.774. The van der Waals surface area contributed by atoms with Crippen molar-refractivity contribution >= 4 is 28.0 Å². The molecule has 12 heavy (non-hydrogen) atoms. The second kappa shape index (κ2) is 3.67. The third kappa shape index (κ3) is 1.82. The highest BCUT2D eigenvalue weighted by molar-refractivity contribution is 9.10. The van der Waals surface area contributed by atoms with E-state index in [4.69, 9.17) is 0 Å². The number of nitrogens with zero attached hydrogens (tertiary/aromatic N) is 2. The monoisotopic (exact) mass is 228 g/mol. The number of hydrogen-bond acceptors (Lipinski definition) is 3. The largest absolute Gasteiger partial charge is 0.363 e. The Balaban J connectivity index is 3.10. The number of carbonyl (C=O) groups is 1. The number of hydrogen-bond donors (Lipinski definition) is 0. The molecule has 64 valence electrons. The van der Waals surface area contributed by atoms with Gasteiger partial charge in [-0.1, -0.05) is 0 Å². The van der Waals surface area contributed by atoms with Gasteiger partial charge in [-0.15, -0.1) is 0 Å². The van der Waals surface area contributed by atoms with E-state index in [-0.39, 0.29) is 0 Å². The maximum Gasteiger partial charge on any atom is 0.152 e. The van der Waals surface area contributed by atoms with E-state index in [1.165, 1.54) is 0 Å². The zero-order chi connectivity index (χ0) is 9.14. The minimum Gasteiger partial charge on any atom is -0.363 e. The van der Waals surface area contributed by atoms with E-state index >= 15 is 0 Å². The van der Waals surface area contributed by atoms with Crippen LogP contribution in [0.5, 0.6) is 0 Å². The fraction of sp³-hybridized carbons (Fsp3) is 0.250. The van der Waals surface area contributed by atoms with Crippen LogP contribution in [0.4, 0.5) is 5.82 Å². The van der Waals surface area contributed by atoms with Crippen LogP contribution >= 0.6 is 15.9 Å². The lowest BCUT2D eigenvalue weighted by molar-refractivity contribution is 0.112. The second-order valence-electron chi connectivity index (χ2n) is 2.56. The van der Waals surface area contributed by atoms with Crippen molar-refractivity contribution < 1.29 is 4.79 Å². The summed E-state index contributed by atoms with van der Waals surface area (Å²) in [4.78, 5) is 16.5. The zero-order valence-electron chi connectivity index (χ0n) is 6.91. The summed E-state index contributed by atoms with van der Waals surface area (Å²) in [6, 6.07) is 3.54. The molecule has 0 fully saturated rings. The van der Waals surface area contributed by atoms with Gasteiger partial charge in [0.1, 0.15) is 10.4 Å². The Morgan fingerprint density at radius 3 is 2.58 bits per heavy atom. The van der Waals surface area contributed by atoms with Gasteiger partial charge < -0.3 is 4.90 Å². The first-order valence-corrected chi connectivity index (χ1v) is 4.23. The smallest absolute Gasteiger partial charge is 0.152 e. The van der Waals surface area contributed by atoms with Crippen molar-refractivity contribution in [2.45, 2.75) is 0 Å². The van der Waals surface area contributed by atoms with Gasteiger partial charge in [0.15, 0.2) is 6.29 Å². The number of anilines is 1. The minimum atomic E-state index is 0.570. The number of aromatic nitrogens is 1. The average molecular weight is 229 g/mol. The molecule has 0 saturated heterocycles. The molecule has 0 N–H and O–H groups in total.